The van der Waals surface area contributed by atoms with Crippen LogP contribution in [0, 0.1) is 0 Å². The summed E-state index contributed by atoms with van der Waals surface area (Å²) in [4.78, 5) is 0. The zero-order valence-electron chi connectivity index (χ0n) is 8.00. The maximum absolute atomic E-state index is 9.92. The van der Waals surface area contributed by atoms with E-state index < -0.39 is 5.60 Å². The van der Waals surface area contributed by atoms with Gasteiger partial charge in [0, 0.05) is 10.0 Å². The Kier molecular flexibility index (Phi) is 2.20. The Bertz CT molecular complexity index is 368. The first-order valence-corrected chi connectivity index (χ1v) is 5.10. The lowest BCUT2D eigenvalue weighted by atomic mass is 9.97. The summed E-state index contributed by atoms with van der Waals surface area (Å²) in [5.41, 5.74) is -0.193. The van der Waals surface area contributed by atoms with Crippen LogP contribution >= 0.6 is 15.9 Å². The molecule has 14 heavy (non-hydrogen) atoms. The van der Waals surface area contributed by atoms with Crippen molar-refractivity contribution in [2.24, 2.45) is 0 Å². The van der Waals surface area contributed by atoms with Gasteiger partial charge in [0.1, 0.15) is 0 Å². The lowest BCUT2D eigenvalue weighted by Gasteiger charge is -2.19. The minimum atomic E-state index is -0.929. The molecule has 0 amide bonds. The van der Waals surface area contributed by atoms with Gasteiger partial charge in [-0.05, 0) is 26.0 Å². The first kappa shape index (κ1) is 9.80. The molecule has 0 bridgehead atoms. The quantitative estimate of drug-likeness (QED) is 0.841. The Hall–Kier alpha value is -0.740. The van der Waals surface area contributed by atoms with Crippen LogP contribution in [0.1, 0.15) is 19.4 Å². The molecule has 0 spiro atoms. The monoisotopic (exact) mass is 258 g/mol. The van der Waals surface area contributed by atoms with E-state index in [1.54, 1.807) is 13.8 Å². The Labute approximate surface area is 90.8 Å². The summed E-state index contributed by atoms with van der Waals surface area (Å²) in [6.07, 6.45) is 0. The van der Waals surface area contributed by atoms with Gasteiger partial charge in [0.15, 0.2) is 11.5 Å². The molecule has 1 heterocycles. The Morgan fingerprint density at radius 2 is 2.07 bits per heavy atom. The zero-order valence-corrected chi connectivity index (χ0v) is 9.59. The van der Waals surface area contributed by atoms with E-state index in [0.29, 0.717) is 11.5 Å². The average Bonchev–Trinajstić information content (AvgIpc) is 2.47. The second-order valence-electron chi connectivity index (χ2n) is 3.75. The molecule has 3 nitrogen and oxygen atoms in total. The minimum absolute atomic E-state index is 0.217. The molecule has 1 aromatic rings. The molecule has 0 saturated carbocycles. The Balaban J connectivity index is 2.60. The Morgan fingerprint density at radius 3 is 2.71 bits per heavy atom. The van der Waals surface area contributed by atoms with Gasteiger partial charge in [-0.25, -0.2) is 0 Å². The standard InChI is InChI=1S/C10H11BrO3/c1-10(2,12)7-3-6(11)4-8-9(7)14-5-13-8/h3-4,12H,5H2,1-2H3. The smallest absolute Gasteiger partial charge is 0.231 e. The van der Waals surface area contributed by atoms with E-state index in [0.717, 1.165) is 10.0 Å². The van der Waals surface area contributed by atoms with E-state index in [2.05, 4.69) is 15.9 Å². The summed E-state index contributed by atoms with van der Waals surface area (Å²) >= 11 is 3.36. The predicted octanol–water partition coefficient (Wildman–Crippen LogP) is 2.41. The van der Waals surface area contributed by atoms with Gasteiger partial charge in [-0.3, -0.25) is 0 Å². The maximum Gasteiger partial charge on any atom is 0.231 e. The summed E-state index contributed by atoms with van der Waals surface area (Å²) in [5, 5.41) is 9.92. The van der Waals surface area contributed by atoms with Crippen molar-refractivity contribution in [3.8, 4) is 11.5 Å². The highest BCUT2D eigenvalue weighted by Crippen LogP contribution is 2.42. The predicted molar refractivity (Wildman–Crippen MR) is 55.5 cm³/mol. The van der Waals surface area contributed by atoms with Crippen molar-refractivity contribution in [1.82, 2.24) is 0 Å². The number of benzene rings is 1. The molecule has 1 N–H and O–H groups in total. The molecule has 2 rings (SSSR count). The van der Waals surface area contributed by atoms with Gasteiger partial charge in [0.05, 0.1) is 5.60 Å². The maximum atomic E-state index is 9.92. The van der Waals surface area contributed by atoms with Crippen molar-refractivity contribution >= 4 is 15.9 Å². The molecule has 0 radical (unpaired) electrons. The number of aliphatic hydroxyl groups is 1. The lowest BCUT2D eigenvalue weighted by molar-refractivity contribution is 0.0743. The van der Waals surface area contributed by atoms with Crippen LogP contribution < -0.4 is 9.47 Å². The summed E-state index contributed by atoms with van der Waals surface area (Å²) < 4.78 is 11.4. The van der Waals surface area contributed by atoms with Crippen LogP contribution in [-0.4, -0.2) is 11.9 Å². The lowest BCUT2D eigenvalue weighted by Crippen LogP contribution is -2.16. The third-order valence-corrected chi connectivity index (χ3v) is 2.55. The number of fused-ring (bicyclic) bond motifs is 1. The number of halogens is 1. The third kappa shape index (κ3) is 1.60. The van der Waals surface area contributed by atoms with Gasteiger partial charge < -0.3 is 14.6 Å². The zero-order chi connectivity index (χ0) is 10.3. The molecule has 4 heteroatoms. The normalized spacial score (nSPS) is 14.6. The van der Waals surface area contributed by atoms with E-state index >= 15 is 0 Å². The van der Waals surface area contributed by atoms with Crippen molar-refractivity contribution in [3.05, 3.63) is 22.2 Å². The van der Waals surface area contributed by atoms with Crippen LogP contribution in [0.3, 0.4) is 0 Å². The second-order valence-corrected chi connectivity index (χ2v) is 4.66. The van der Waals surface area contributed by atoms with Gasteiger partial charge in [-0.15, -0.1) is 0 Å². The van der Waals surface area contributed by atoms with E-state index in [9.17, 15) is 5.11 Å². The highest BCUT2D eigenvalue weighted by atomic mass is 79.9. The topological polar surface area (TPSA) is 38.7 Å². The van der Waals surface area contributed by atoms with E-state index in [-0.39, 0.29) is 6.79 Å². The number of ether oxygens (including phenoxy) is 2. The van der Waals surface area contributed by atoms with Gasteiger partial charge in [0.2, 0.25) is 6.79 Å². The second kappa shape index (κ2) is 3.14. The molecular weight excluding hydrogens is 248 g/mol. The van der Waals surface area contributed by atoms with Crippen LogP contribution in [0.5, 0.6) is 11.5 Å². The molecule has 0 unspecified atom stereocenters. The van der Waals surface area contributed by atoms with Crippen molar-refractivity contribution in [2.45, 2.75) is 19.4 Å². The van der Waals surface area contributed by atoms with Crippen molar-refractivity contribution in [3.63, 3.8) is 0 Å². The molecule has 76 valence electrons. The fourth-order valence-corrected chi connectivity index (χ4v) is 1.87. The molecular formula is C10H11BrO3. The Morgan fingerprint density at radius 1 is 1.36 bits per heavy atom. The first-order chi connectivity index (χ1) is 6.48. The van der Waals surface area contributed by atoms with Crippen LogP contribution in [0.4, 0.5) is 0 Å². The van der Waals surface area contributed by atoms with Crippen molar-refractivity contribution in [2.75, 3.05) is 6.79 Å². The first-order valence-electron chi connectivity index (χ1n) is 4.30. The molecule has 0 fully saturated rings. The van der Waals surface area contributed by atoms with Crippen LogP contribution in [-0.2, 0) is 5.60 Å². The molecule has 0 aliphatic carbocycles. The molecule has 0 atom stereocenters. The SMILES string of the molecule is CC(C)(O)c1cc(Br)cc2c1OCO2. The highest BCUT2D eigenvalue weighted by Gasteiger charge is 2.27. The van der Waals surface area contributed by atoms with Crippen molar-refractivity contribution in [1.29, 1.82) is 0 Å². The van der Waals surface area contributed by atoms with E-state index in [1.165, 1.54) is 0 Å². The molecule has 1 aromatic carbocycles. The molecule has 0 aromatic heterocycles. The molecule has 1 aliphatic heterocycles. The van der Waals surface area contributed by atoms with Crippen LogP contribution in [0.25, 0.3) is 0 Å². The summed E-state index contributed by atoms with van der Waals surface area (Å²) in [6, 6.07) is 3.67. The van der Waals surface area contributed by atoms with E-state index in [1.807, 2.05) is 12.1 Å². The van der Waals surface area contributed by atoms with Gasteiger partial charge in [-0.1, -0.05) is 15.9 Å². The fourth-order valence-electron chi connectivity index (χ4n) is 1.43. The van der Waals surface area contributed by atoms with Gasteiger partial charge >= 0.3 is 0 Å². The highest BCUT2D eigenvalue weighted by molar-refractivity contribution is 9.10. The summed E-state index contributed by atoms with van der Waals surface area (Å²) in [6.45, 7) is 3.66. The number of hydrogen-bond donors (Lipinski definition) is 1. The van der Waals surface area contributed by atoms with Crippen molar-refractivity contribution < 1.29 is 14.6 Å². The van der Waals surface area contributed by atoms with Crippen LogP contribution in [0.15, 0.2) is 16.6 Å². The third-order valence-electron chi connectivity index (χ3n) is 2.10. The fraction of sp³-hybridized carbons (Fsp3) is 0.400. The average molecular weight is 259 g/mol. The minimum Gasteiger partial charge on any atom is -0.454 e. The largest absolute Gasteiger partial charge is 0.454 e. The van der Waals surface area contributed by atoms with Crippen LogP contribution in [0.2, 0.25) is 0 Å². The van der Waals surface area contributed by atoms with Gasteiger partial charge in [0.25, 0.3) is 0 Å². The van der Waals surface area contributed by atoms with Gasteiger partial charge in [-0.2, -0.15) is 0 Å². The number of rotatable bonds is 1. The molecule has 0 saturated heterocycles. The summed E-state index contributed by atoms with van der Waals surface area (Å²) in [5.74, 6) is 1.32. The summed E-state index contributed by atoms with van der Waals surface area (Å²) in [7, 11) is 0. The number of hydrogen-bond acceptors (Lipinski definition) is 3. The van der Waals surface area contributed by atoms with E-state index in [4.69, 9.17) is 9.47 Å². The molecule has 1 aliphatic rings.